The van der Waals surface area contributed by atoms with Gasteiger partial charge in [0.05, 0.1) is 12.2 Å². The van der Waals surface area contributed by atoms with Crippen LogP contribution in [0.4, 0.5) is 0 Å². The Morgan fingerprint density at radius 1 is 1.06 bits per heavy atom. The molecule has 3 nitrogen and oxygen atoms in total. The van der Waals surface area contributed by atoms with Gasteiger partial charge in [0.2, 0.25) is 0 Å². The number of imidazole rings is 1. The molecular formula is C15H19N3. The van der Waals surface area contributed by atoms with Crippen molar-refractivity contribution in [2.24, 2.45) is 0 Å². The zero-order chi connectivity index (χ0) is 12.2. The number of aromatic nitrogens is 3. The molecule has 0 unspecified atom stereocenters. The molecule has 0 bridgehead atoms. The van der Waals surface area contributed by atoms with Gasteiger partial charge >= 0.3 is 0 Å². The molecule has 0 aromatic carbocycles. The van der Waals surface area contributed by atoms with Crippen molar-refractivity contribution in [1.82, 2.24) is 14.5 Å². The van der Waals surface area contributed by atoms with Gasteiger partial charge in [-0.2, -0.15) is 0 Å². The summed E-state index contributed by atoms with van der Waals surface area (Å²) in [4.78, 5) is 8.96. The Kier molecular flexibility index (Phi) is 3.40. The number of pyridine rings is 1. The summed E-state index contributed by atoms with van der Waals surface area (Å²) in [6.07, 6.45) is 12.5. The van der Waals surface area contributed by atoms with Gasteiger partial charge < -0.3 is 4.57 Å². The van der Waals surface area contributed by atoms with E-state index < -0.39 is 0 Å². The maximum atomic E-state index is 4.57. The van der Waals surface area contributed by atoms with Crippen LogP contribution in [0.1, 0.15) is 49.5 Å². The number of hydrogen-bond acceptors (Lipinski definition) is 2. The van der Waals surface area contributed by atoms with E-state index in [4.69, 9.17) is 0 Å². The molecule has 1 fully saturated rings. The summed E-state index contributed by atoms with van der Waals surface area (Å²) in [5.74, 6) is 1.90. The summed E-state index contributed by atoms with van der Waals surface area (Å²) >= 11 is 0. The minimum Gasteiger partial charge on any atom is -0.329 e. The Hall–Kier alpha value is -1.64. The van der Waals surface area contributed by atoms with E-state index >= 15 is 0 Å². The topological polar surface area (TPSA) is 30.7 Å². The highest BCUT2D eigenvalue weighted by molar-refractivity contribution is 5.08. The summed E-state index contributed by atoms with van der Waals surface area (Å²) in [6, 6.07) is 6.07. The molecule has 2 aromatic rings. The standard InChI is InChI=1S/C15H19N3/c1-2-6-13(7-3-1)15-17-10-11-18(15)12-14-8-4-5-9-16-14/h4-5,8-11,13H,1-3,6-7,12H2. The minimum atomic E-state index is 0.650. The van der Waals surface area contributed by atoms with Crippen LogP contribution in [0.3, 0.4) is 0 Å². The highest BCUT2D eigenvalue weighted by atomic mass is 15.1. The third kappa shape index (κ3) is 2.45. The van der Waals surface area contributed by atoms with Crippen molar-refractivity contribution in [3.05, 3.63) is 48.3 Å². The van der Waals surface area contributed by atoms with Crippen LogP contribution in [0.5, 0.6) is 0 Å². The fourth-order valence-corrected chi connectivity index (χ4v) is 2.84. The quantitative estimate of drug-likeness (QED) is 0.824. The van der Waals surface area contributed by atoms with Crippen molar-refractivity contribution >= 4 is 0 Å². The van der Waals surface area contributed by atoms with E-state index in [0.29, 0.717) is 5.92 Å². The van der Waals surface area contributed by atoms with Crippen molar-refractivity contribution in [3.63, 3.8) is 0 Å². The molecular weight excluding hydrogens is 222 g/mol. The highest BCUT2D eigenvalue weighted by Gasteiger charge is 2.19. The maximum absolute atomic E-state index is 4.57. The fraction of sp³-hybridized carbons (Fsp3) is 0.467. The van der Waals surface area contributed by atoms with Gasteiger partial charge in [-0.05, 0) is 25.0 Å². The maximum Gasteiger partial charge on any atom is 0.112 e. The van der Waals surface area contributed by atoms with E-state index in [1.54, 1.807) is 0 Å². The van der Waals surface area contributed by atoms with E-state index in [-0.39, 0.29) is 0 Å². The van der Waals surface area contributed by atoms with E-state index in [0.717, 1.165) is 12.2 Å². The van der Waals surface area contributed by atoms with E-state index in [2.05, 4.69) is 26.8 Å². The zero-order valence-corrected chi connectivity index (χ0v) is 10.6. The van der Waals surface area contributed by atoms with E-state index in [1.165, 1.54) is 37.9 Å². The molecule has 18 heavy (non-hydrogen) atoms. The van der Waals surface area contributed by atoms with Crippen LogP contribution >= 0.6 is 0 Å². The number of rotatable bonds is 3. The molecule has 0 atom stereocenters. The predicted molar refractivity (Wildman–Crippen MR) is 71.4 cm³/mol. The van der Waals surface area contributed by atoms with Crippen molar-refractivity contribution in [2.75, 3.05) is 0 Å². The molecule has 1 aliphatic carbocycles. The third-order valence-corrected chi connectivity index (χ3v) is 3.78. The zero-order valence-electron chi connectivity index (χ0n) is 10.6. The fourth-order valence-electron chi connectivity index (χ4n) is 2.84. The van der Waals surface area contributed by atoms with Crippen molar-refractivity contribution in [1.29, 1.82) is 0 Å². The van der Waals surface area contributed by atoms with Crippen LogP contribution in [0.2, 0.25) is 0 Å². The molecule has 0 spiro atoms. The molecule has 1 aliphatic rings. The van der Waals surface area contributed by atoms with Gasteiger partial charge in [-0.1, -0.05) is 25.3 Å². The lowest BCUT2D eigenvalue weighted by molar-refractivity contribution is 0.418. The van der Waals surface area contributed by atoms with Crippen LogP contribution in [0.15, 0.2) is 36.8 Å². The summed E-state index contributed by atoms with van der Waals surface area (Å²) in [7, 11) is 0. The van der Waals surface area contributed by atoms with Gasteiger partial charge in [-0.25, -0.2) is 4.98 Å². The Bertz CT molecular complexity index is 483. The third-order valence-electron chi connectivity index (χ3n) is 3.78. The summed E-state index contributed by atoms with van der Waals surface area (Å²) in [5.41, 5.74) is 1.10. The second-order valence-electron chi connectivity index (χ2n) is 5.07. The molecule has 0 N–H and O–H groups in total. The molecule has 1 saturated carbocycles. The largest absolute Gasteiger partial charge is 0.329 e. The van der Waals surface area contributed by atoms with Gasteiger partial charge in [0.15, 0.2) is 0 Å². The number of nitrogens with zero attached hydrogens (tertiary/aromatic N) is 3. The molecule has 2 heterocycles. The Balaban J connectivity index is 1.78. The van der Waals surface area contributed by atoms with Crippen LogP contribution < -0.4 is 0 Å². The second kappa shape index (κ2) is 5.34. The van der Waals surface area contributed by atoms with Crippen LogP contribution in [0, 0.1) is 0 Å². The Morgan fingerprint density at radius 3 is 2.72 bits per heavy atom. The second-order valence-corrected chi connectivity index (χ2v) is 5.07. The first-order valence-corrected chi connectivity index (χ1v) is 6.84. The van der Waals surface area contributed by atoms with Crippen molar-refractivity contribution in [3.8, 4) is 0 Å². The van der Waals surface area contributed by atoms with E-state index in [9.17, 15) is 0 Å². The van der Waals surface area contributed by atoms with Gasteiger partial charge in [0, 0.05) is 24.5 Å². The van der Waals surface area contributed by atoms with E-state index in [1.807, 2.05) is 24.5 Å². The first kappa shape index (κ1) is 11.5. The van der Waals surface area contributed by atoms with Gasteiger partial charge in [-0.15, -0.1) is 0 Å². The molecule has 0 saturated heterocycles. The normalized spacial score (nSPS) is 16.9. The predicted octanol–water partition coefficient (Wildman–Crippen LogP) is 3.37. The van der Waals surface area contributed by atoms with Gasteiger partial charge in [-0.3, -0.25) is 4.98 Å². The molecule has 0 amide bonds. The summed E-state index contributed by atoms with van der Waals surface area (Å²) < 4.78 is 2.26. The highest BCUT2D eigenvalue weighted by Crippen LogP contribution is 2.31. The Labute approximate surface area is 108 Å². The van der Waals surface area contributed by atoms with Crippen LogP contribution in [-0.2, 0) is 6.54 Å². The smallest absolute Gasteiger partial charge is 0.112 e. The minimum absolute atomic E-state index is 0.650. The lowest BCUT2D eigenvalue weighted by Crippen LogP contribution is -2.13. The first-order chi connectivity index (χ1) is 8.93. The lowest BCUT2D eigenvalue weighted by atomic mass is 9.88. The monoisotopic (exact) mass is 241 g/mol. The molecule has 3 heteroatoms. The van der Waals surface area contributed by atoms with Gasteiger partial charge in [0.25, 0.3) is 0 Å². The molecule has 0 radical (unpaired) electrons. The summed E-state index contributed by atoms with van der Waals surface area (Å²) in [6.45, 7) is 0.840. The van der Waals surface area contributed by atoms with Crippen LogP contribution in [-0.4, -0.2) is 14.5 Å². The van der Waals surface area contributed by atoms with Gasteiger partial charge in [0.1, 0.15) is 5.82 Å². The average Bonchev–Trinajstić information content (AvgIpc) is 2.89. The average molecular weight is 241 g/mol. The Morgan fingerprint density at radius 2 is 1.94 bits per heavy atom. The molecule has 94 valence electrons. The molecule has 2 aromatic heterocycles. The SMILES string of the molecule is c1ccc(Cn2ccnc2C2CCCCC2)nc1. The summed E-state index contributed by atoms with van der Waals surface area (Å²) in [5, 5.41) is 0. The molecule has 3 rings (SSSR count). The van der Waals surface area contributed by atoms with Crippen molar-refractivity contribution < 1.29 is 0 Å². The van der Waals surface area contributed by atoms with Crippen molar-refractivity contribution in [2.45, 2.75) is 44.6 Å². The number of hydrogen-bond donors (Lipinski definition) is 0. The first-order valence-electron chi connectivity index (χ1n) is 6.84. The van der Waals surface area contributed by atoms with Crippen LogP contribution in [0.25, 0.3) is 0 Å². The lowest BCUT2D eigenvalue weighted by Gasteiger charge is -2.22. The molecule has 0 aliphatic heterocycles.